The van der Waals surface area contributed by atoms with Crippen LogP contribution in [0.25, 0.3) is 11.4 Å². The molecule has 0 radical (unpaired) electrons. The third kappa shape index (κ3) is 9.73. The number of pyridine rings is 1. The topological polar surface area (TPSA) is 206 Å². The molecule has 0 bridgehead atoms. The van der Waals surface area contributed by atoms with Gasteiger partial charge >= 0.3 is 12.1 Å². The van der Waals surface area contributed by atoms with Crippen LogP contribution in [0.1, 0.15) is 87.5 Å². The number of halogens is 1. The predicted molar refractivity (Wildman–Crippen MR) is 216 cm³/mol. The van der Waals surface area contributed by atoms with Crippen molar-refractivity contribution >= 4 is 23.7 Å². The number of hydrogen-bond donors (Lipinski definition) is 3. The number of carbonyl (C=O) groups excluding carboxylic acids is 3. The minimum atomic E-state index is -3.13. The molecule has 0 aliphatic carbocycles. The van der Waals surface area contributed by atoms with Gasteiger partial charge < -0.3 is 44.7 Å². The first-order valence-corrected chi connectivity index (χ1v) is 20.7. The number of fused-ring (bicyclic) bond motifs is 1. The summed E-state index contributed by atoms with van der Waals surface area (Å²) in [4.78, 5) is 49.8. The van der Waals surface area contributed by atoms with Crippen molar-refractivity contribution in [3.8, 4) is 11.4 Å². The molecule has 2 aromatic heterocycles. The number of nitrogen functional groups attached to an aromatic ring is 1. The molecule has 13 atom stereocenters. The van der Waals surface area contributed by atoms with Gasteiger partial charge in [0.25, 0.3) is 5.67 Å². The highest BCUT2D eigenvalue weighted by Gasteiger charge is 2.60. The number of carbonyl (C=O) groups is 3. The van der Waals surface area contributed by atoms with Crippen molar-refractivity contribution in [1.82, 2.24) is 35.1 Å². The van der Waals surface area contributed by atoms with E-state index in [1.165, 1.54) is 14.0 Å². The number of amides is 1. The van der Waals surface area contributed by atoms with Crippen molar-refractivity contribution in [3.05, 3.63) is 24.4 Å². The van der Waals surface area contributed by atoms with Crippen molar-refractivity contribution in [1.29, 1.82) is 0 Å². The van der Waals surface area contributed by atoms with Gasteiger partial charge in [-0.15, -0.1) is 5.10 Å². The van der Waals surface area contributed by atoms with Crippen LogP contribution in [-0.4, -0.2) is 152 Å². The molecule has 2 aromatic rings. The van der Waals surface area contributed by atoms with Crippen LogP contribution < -0.4 is 11.1 Å². The molecule has 5 rings (SSSR count). The zero-order valence-electron chi connectivity index (χ0n) is 36.4. The van der Waals surface area contributed by atoms with Crippen molar-refractivity contribution in [2.45, 2.75) is 166 Å². The molecule has 0 aromatic carbocycles. The average molecular weight is 833 g/mol. The summed E-state index contributed by atoms with van der Waals surface area (Å²) in [7, 11) is 5.17. The molecule has 5 heterocycles. The number of aromatic nitrogens is 4. The number of alkyl halides is 1. The van der Waals surface area contributed by atoms with Gasteiger partial charge in [0.05, 0.1) is 35.7 Å². The van der Waals surface area contributed by atoms with Gasteiger partial charge in [0, 0.05) is 44.2 Å². The average Bonchev–Trinajstić information content (AvgIpc) is 3.75. The number of Topliss-reactive ketones (excluding diaryl/α,β-unsaturated/α-hetero) is 1. The second-order valence-corrected chi connectivity index (χ2v) is 17.4. The van der Waals surface area contributed by atoms with Gasteiger partial charge in [-0.1, -0.05) is 25.1 Å². The zero-order valence-corrected chi connectivity index (χ0v) is 36.4. The first kappa shape index (κ1) is 46.3. The van der Waals surface area contributed by atoms with Crippen LogP contribution in [0.15, 0.2) is 24.4 Å². The number of methoxy groups -OCH3 is 1. The molecule has 4 N–H and O–H groups in total. The van der Waals surface area contributed by atoms with Crippen LogP contribution in [-0.2, 0) is 39.8 Å². The number of aliphatic hydroxyl groups is 1. The fraction of sp³-hybridized carbons (Fsp3) is 0.756. The number of rotatable bonds is 11. The Hall–Kier alpha value is -3.81. The molecule has 3 fully saturated rings. The van der Waals surface area contributed by atoms with Gasteiger partial charge in [0.15, 0.2) is 17.7 Å². The van der Waals surface area contributed by atoms with E-state index in [1.807, 2.05) is 39.8 Å². The summed E-state index contributed by atoms with van der Waals surface area (Å²) in [6, 6.07) is 3.48. The Balaban J connectivity index is 1.42. The van der Waals surface area contributed by atoms with E-state index in [-0.39, 0.29) is 31.0 Å². The van der Waals surface area contributed by atoms with Crippen LogP contribution in [0.3, 0.4) is 0 Å². The Morgan fingerprint density at radius 2 is 1.78 bits per heavy atom. The number of likely N-dealkylation sites (N-methyl/N-ethyl adjacent to an activating group) is 1. The zero-order chi connectivity index (χ0) is 43.6. The molecule has 3 saturated heterocycles. The summed E-state index contributed by atoms with van der Waals surface area (Å²) >= 11 is 0. The number of unbranched alkanes of at least 4 members (excludes halogenated alkanes) is 1. The first-order chi connectivity index (χ1) is 27.7. The van der Waals surface area contributed by atoms with Crippen molar-refractivity contribution in [3.63, 3.8) is 0 Å². The Bertz CT molecular complexity index is 1780. The standard InChI is InChI=1S/C41H65FN8O9/c1-12-30-41(8)33(50(38(54)59-41)19-14-13-18-49-22-28(46-47-49)27-16-15-17-31(43)45-27)26(5)44-23(2)21-39(6,55-11)35(25(4)34(52)40(7,42)37(53)57-30)58-36-32(51)29(48(9)10)20-24(3)56-36/h15-17,22-26,29-30,32-33,35-36,44,51H,12-14,18-21H2,1-11H3,(H2,43,45)/t23-,24-,25+,26-,29+,30-,32-,33-,35-,36?,39+,40+,41-/m1/s1. The van der Waals surface area contributed by atoms with Crippen LogP contribution in [0.4, 0.5) is 15.0 Å². The molecule has 3 aliphatic rings. The second kappa shape index (κ2) is 18.4. The number of nitrogens with one attached hydrogen (secondary N) is 1. The molecule has 330 valence electrons. The van der Waals surface area contributed by atoms with Crippen LogP contribution >= 0.6 is 0 Å². The summed E-state index contributed by atoms with van der Waals surface area (Å²) < 4.78 is 49.4. The summed E-state index contributed by atoms with van der Waals surface area (Å²) in [6.07, 6.45) is -1.60. The Morgan fingerprint density at radius 3 is 2.42 bits per heavy atom. The number of hydrogen-bond acceptors (Lipinski definition) is 15. The van der Waals surface area contributed by atoms with Crippen LogP contribution in [0.2, 0.25) is 0 Å². The van der Waals surface area contributed by atoms with E-state index >= 15 is 4.39 Å². The Kier molecular flexibility index (Phi) is 14.5. The monoisotopic (exact) mass is 832 g/mol. The Morgan fingerprint density at radius 1 is 1.08 bits per heavy atom. The van der Waals surface area contributed by atoms with Gasteiger partial charge in [-0.05, 0) is 99.9 Å². The molecule has 0 saturated carbocycles. The number of aryl methyl sites for hydroxylation is 1. The maximum atomic E-state index is 16.9. The summed E-state index contributed by atoms with van der Waals surface area (Å²) in [6.45, 7) is 14.1. The van der Waals surface area contributed by atoms with Gasteiger partial charge in [-0.2, -0.15) is 0 Å². The van der Waals surface area contributed by atoms with Crippen molar-refractivity contribution < 1.29 is 47.6 Å². The molecule has 18 heteroatoms. The third-order valence-corrected chi connectivity index (χ3v) is 12.4. The minimum absolute atomic E-state index is 0.161. The van der Waals surface area contributed by atoms with E-state index < -0.39 is 77.3 Å². The van der Waals surface area contributed by atoms with Gasteiger partial charge in [0.2, 0.25) is 0 Å². The minimum Gasteiger partial charge on any atom is -0.455 e. The lowest BCUT2D eigenvalue weighted by Gasteiger charge is -2.47. The van der Waals surface area contributed by atoms with Gasteiger partial charge in [-0.3, -0.25) is 14.4 Å². The smallest absolute Gasteiger partial charge is 0.410 e. The second-order valence-electron chi connectivity index (χ2n) is 17.4. The Labute approximate surface area is 346 Å². The normalized spacial score (nSPS) is 37.5. The summed E-state index contributed by atoms with van der Waals surface area (Å²) in [5, 5.41) is 23.5. The third-order valence-electron chi connectivity index (χ3n) is 12.4. The van der Waals surface area contributed by atoms with E-state index in [1.54, 1.807) is 54.7 Å². The molecule has 17 nitrogen and oxygen atoms in total. The van der Waals surface area contributed by atoms with E-state index in [4.69, 9.17) is 29.4 Å². The predicted octanol–water partition coefficient (Wildman–Crippen LogP) is 3.52. The van der Waals surface area contributed by atoms with Crippen LogP contribution in [0, 0.1) is 5.92 Å². The SMILES string of the molecule is CC[C@H]1OC(=O)[C@@](C)(F)C(=O)[C@H](C)[C@@H](OC2O[C@H](C)C[C@H](N(C)C)[C@H]2O)[C@@](C)(OC)C[C@@H](C)N[C@H](C)[C@H]2N(CCCCn3cc(-c4cccc(N)n4)nn3)C(=O)O[C@]12C. The van der Waals surface area contributed by atoms with E-state index in [2.05, 4.69) is 20.6 Å². The molecule has 59 heavy (non-hydrogen) atoms. The van der Waals surface area contributed by atoms with Crippen molar-refractivity contribution in [2.75, 3.05) is 33.5 Å². The molecule has 3 aliphatic heterocycles. The number of ketones is 1. The van der Waals surface area contributed by atoms with E-state index in [0.717, 1.165) is 6.92 Å². The number of nitrogens with two attached hydrogens (primary N) is 1. The maximum absolute atomic E-state index is 16.9. The van der Waals surface area contributed by atoms with E-state index in [9.17, 15) is 19.5 Å². The highest BCUT2D eigenvalue weighted by molar-refractivity contribution is 6.07. The number of nitrogens with zero attached hydrogens (tertiary/aromatic N) is 6. The number of anilines is 1. The lowest BCUT2D eigenvalue weighted by atomic mass is 9.78. The van der Waals surface area contributed by atoms with Gasteiger partial charge in [0.1, 0.15) is 23.7 Å². The summed E-state index contributed by atoms with van der Waals surface area (Å²) in [5.41, 5.74) is 1.18. The number of cyclic esters (lactones) is 1. The maximum Gasteiger partial charge on any atom is 0.410 e. The molecular weight excluding hydrogens is 767 g/mol. The highest BCUT2D eigenvalue weighted by atomic mass is 19.1. The largest absolute Gasteiger partial charge is 0.455 e. The van der Waals surface area contributed by atoms with Crippen LogP contribution in [0.5, 0.6) is 0 Å². The number of aliphatic hydroxyl groups excluding tert-OH is 1. The van der Waals surface area contributed by atoms with E-state index in [0.29, 0.717) is 49.6 Å². The number of esters is 1. The van der Waals surface area contributed by atoms with Crippen molar-refractivity contribution in [2.24, 2.45) is 5.92 Å². The first-order valence-electron chi connectivity index (χ1n) is 20.7. The number of ether oxygens (including phenoxy) is 5. The lowest BCUT2D eigenvalue weighted by Crippen LogP contribution is -2.64. The fourth-order valence-corrected chi connectivity index (χ4v) is 9.28. The highest BCUT2D eigenvalue weighted by Crippen LogP contribution is 2.41. The molecule has 0 spiro atoms. The lowest BCUT2D eigenvalue weighted by molar-refractivity contribution is -0.295. The summed E-state index contributed by atoms with van der Waals surface area (Å²) in [5.74, 6) is -3.39. The molecular formula is C41H65FN8O9. The fourth-order valence-electron chi connectivity index (χ4n) is 9.28. The molecule has 1 amide bonds. The molecule has 1 unspecified atom stereocenters. The quantitative estimate of drug-likeness (QED) is 0.168. The van der Waals surface area contributed by atoms with Gasteiger partial charge in [-0.25, -0.2) is 19.0 Å².